The van der Waals surface area contributed by atoms with Gasteiger partial charge in [0.15, 0.2) is 0 Å². The Labute approximate surface area is 123 Å². The molecule has 2 atom stereocenters. The summed E-state index contributed by atoms with van der Waals surface area (Å²) >= 11 is 12.1. The Morgan fingerprint density at radius 1 is 1.00 bits per heavy atom. The summed E-state index contributed by atoms with van der Waals surface area (Å²) in [7, 11) is 0. The van der Waals surface area contributed by atoms with Crippen LogP contribution in [0.15, 0.2) is 42.7 Å². The Bertz CT molecular complexity index is 543. The highest BCUT2D eigenvalue weighted by atomic mass is 35.5. The lowest BCUT2D eigenvalue weighted by atomic mass is 10.1. The number of nitrogens with one attached hydrogen (secondary N) is 1. The van der Waals surface area contributed by atoms with Crippen molar-refractivity contribution in [3.63, 3.8) is 0 Å². The van der Waals surface area contributed by atoms with Crippen molar-refractivity contribution >= 4 is 23.2 Å². The van der Waals surface area contributed by atoms with Gasteiger partial charge in [0.2, 0.25) is 0 Å². The topological polar surface area (TPSA) is 24.9 Å². The van der Waals surface area contributed by atoms with E-state index in [9.17, 15) is 0 Å². The van der Waals surface area contributed by atoms with Gasteiger partial charge in [0, 0.05) is 34.5 Å². The molecule has 0 aliphatic rings. The van der Waals surface area contributed by atoms with Gasteiger partial charge in [0.25, 0.3) is 0 Å². The molecule has 0 spiro atoms. The van der Waals surface area contributed by atoms with Crippen molar-refractivity contribution in [2.45, 2.75) is 25.9 Å². The fourth-order valence-corrected chi connectivity index (χ4v) is 2.64. The van der Waals surface area contributed by atoms with Gasteiger partial charge in [-0.05, 0) is 49.2 Å². The van der Waals surface area contributed by atoms with Gasteiger partial charge < -0.3 is 5.32 Å². The zero-order valence-electron chi connectivity index (χ0n) is 10.9. The molecule has 1 N–H and O–H groups in total. The van der Waals surface area contributed by atoms with Crippen LogP contribution in [-0.4, -0.2) is 4.98 Å². The molecule has 0 bridgehead atoms. The molecule has 0 amide bonds. The number of halogens is 2. The summed E-state index contributed by atoms with van der Waals surface area (Å²) in [6.45, 7) is 4.21. The summed E-state index contributed by atoms with van der Waals surface area (Å²) < 4.78 is 0. The van der Waals surface area contributed by atoms with Gasteiger partial charge in [0.1, 0.15) is 0 Å². The molecule has 0 aliphatic carbocycles. The molecule has 0 aliphatic heterocycles. The van der Waals surface area contributed by atoms with Crippen LogP contribution in [0.4, 0.5) is 0 Å². The van der Waals surface area contributed by atoms with Crippen LogP contribution < -0.4 is 5.32 Å². The van der Waals surface area contributed by atoms with Crippen LogP contribution in [0, 0.1) is 0 Å². The lowest BCUT2D eigenvalue weighted by Crippen LogP contribution is -2.22. The van der Waals surface area contributed by atoms with Gasteiger partial charge >= 0.3 is 0 Å². The SMILES string of the molecule is CC(N[C@H](C)c1ccncc1)c1ccc(Cl)cc1Cl. The van der Waals surface area contributed by atoms with E-state index in [1.54, 1.807) is 18.5 Å². The van der Waals surface area contributed by atoms with E-state index in [0.717, 1.165) is 5.56 Å². The molecular weight excluding hydrogens is 279 g/mol. The van der Waals surface area contributed by atoms with E-state index >= 15 is 0 Å². The van der Waals surface area contributed by atoms with Crippen LogP contribution in [0.3, 0.4) is 0 Å². The molecule has 4 heteroatoms. The Kier molecular flexibility index (Phi) is 4.81. The minimum Gasteiger partial charge on any atom is -0.304 e. The molecule has 100 valence electrons. The van der Waals surface area contributed by atoms with Gasteiger partial charge in [-0.1, -0.05) is 29.3 Å². The fraction of sp³-hybridized carbons (Fsp3) is 0.267. The highest BCUT2D eigenvalue weighted by molar-refractivity contribution is 6.35. The molecule has 2 aromatic rings. The third-order valence-corrected chi connectivity index (χ3v) is 3.70. The van der Waals surface area contributed by atoms with Gasteiger partial charge in [0.05, 0.1) is 0 Å². The maximum atomic E-state index is 6.22. The molecule has 19 heavy (non-hydrogen) atoms. The van der Waals surface area contributed by atoms with E-state index in [1.807, 2.05) is 24.3 Å². The minimum absolute atomic E-state index is 0.146. The number of hydrogen-bond acceptors (Lipinski definition) is 2. The Morgan fingerprint density at radius 2 is 1.68 bits per heavy atom. The van der Waals surface area contributed by atoms with Crippen molar-refractivity contribution in [2.24, 2.45) is 0 Å². The summed E-state index contributed by atoms with van der Waals surface area (Å²) in [5, 5.41) is 4.86. The number of rotatable bonds is 4. The molecule has 1 heterocycles. The normalized spacial score (nSPS) is 14.1. The first-order valence-electron chi connectivity index (χ1n) is 6.19. The first kappa shape index (κ1) is 14.3. The van der Waals surface area contributed by atoms with Crippen LogP contribution in [0.1, 0.15) is 37.1 Å². The van der Waals surface area contributed by atoms with E-state index in [0.29, 0.717) is 10.0 Å². The zero-order chi connectivity index (χ0) is 13.8. The Balaban J connectivity index is 2.10. The average molecular weight is 295 g/mol. The van der Waals surface area contributed by atoms with Crippen molar-refractivity contribution in [1.29, 1.82) is 0 Å². The number of aromatic nitrogens is 1. The monoisotopic (exact) mass is 294 g/mol. The summed E-state index contributed by atoms with van der Waals surface area (Å²) in [5.74, 6) is 0. The molecular formula is C15H16Cl2N2. The molecule has 0 saturated heterocycles. The van der Waals surface area contributed by atoms with Crippen molar-refractivity contribution in [3.8, 4) is 0 Å². The van der Waals surface area contributed by atoms with E-state index in [1.165, 1.54) is 5.56 Å². The summed E-state index contributed by atoms with van der Waals surface area (Å²) in [6, 6.07) is 9.98. The van der Waals surface area contributed by atoms with Crippen LogP contribution >= 0.6 is 23.2 Å². The van der Waals surface area contributed by atoms with Gasteiger partial charge in [-0.2, -0.15) is 0 Å². The molecule has 2 nitrogen and oxygen atoms in total. The first-order valence-corrected chi connectivity index (χ1v) is 6.94. The van der Waals surface area contributed by atoms with Gasteiger partial charge in [-0.15, -0.1) is 0 Å². The molecule has 0 fully saturated rings. The van der Waals surface area contributed by atoms with E-state index < -0.39 is 0 Å². The van der Waals surface area contributed by atoms with Crippen LogP contribution in [0.5, 0.6) is 0 Å². The van der Waals surface area contributed by atoms with Crippen molar-refractivity contribution in [3.05, 3.63) is 63.9 Å². The van der Waals surface area contributed by atoms with E-state index in [2.05, 4.69) is 24.1 Å². The molecule has 1 unspecified atom stereocenters. The molecule has 1 aromatic carbocycles. The third-order valence-electron chi connectivity index (χ3n) is 3.14. The highest BCUT2D eigenvalue weighted by Crippen LogP contribution is 2.27. The number of hydrogen-bond donors (Lipinski definition) is 1. The third kappa shape index (κ3) is 3.69. The first-order chi connectivity index (χ1) is 9.08. The van der Waals surface area contributed by atoms with Gasteiger partial charge in [-0.25, -0.2) is 0 Å². The second-order valence-electron chi connectivity index (χ2n) is 4.56. The van der Waals surface area contributed by atoms with Crippen LogP contribution in [0.25, 0.3) is 0 Å². The largest absolute Gasteiger partial charge is 0.304 e. The van der Waals surface area contributed by atoms with Crippen LogP contribution in [0.2, 0.25) is 10.0 Å². The second kappa shape index (κ2) is 6.38. The number of pyridine rings is 1. The lowest BCUT2D eigenvalue weighted by molar-refractivity contribution is 0.494. The molecule has 2 rings (SSSR count). The van der Waals surface area contributed by atoms with Crippen molar-refractivity contribution in [1.82, 2.24) is 10.3 Å². The Hall–Kier alpha value is -1.09. The highest BCUT2D eigenvalue weighted by Gasteiger charge is 2.13. The average Bonchev–Trinajstić information content (AvgIpc) is 2.39. The Morgan fingerprint density at radius 3 is 2.32 bits per heavy atom. The summed E-state index contributed by atoms with van der Waals surface area (Å²) in [5.41, 5.74) is 2.25. The molecule has 0 saturated carbocycles. The molecule has 1 aromatic heterocycles. The maximum absolute atomic E-state index is 6.22. The zero-order valence-corrected chi connectivity index (χ0v) is 12.4. The smallest absolute Gasteiger partial charge is 0.0468 e. The molecule has 0 radical (unpaired) electrons. The number of benzene rings is 1. The van der Waals surface area contributed by atoms with Gasteiger partial charge in [-0.3, -0.25) is 4.98 Å². The summed E-state index contributed by atoms with van der Waals surface area (Å²) in [6.07, 6.45) is 3.60. The quantitative estimate of drug-likeness (QED) is 0.876. The van der Waals surface area contributed by atoms with Crippen molar-refractivity contribution < 1.29 is 0 Å². The minimum atomic E-state index is 0.146. The standard InChI is InChI=1S/C15H16Cl2N2/c1-10(12-5-7-18-8-6-12)19-11(2)14-4-3-13(16)9-15(14)17/h3-11,19H,1-2H3/t10-,11?/m1/s1. The van der Waals surface area contributed by atoms with Crippen LogP contribution in [-0.2, 0) is 0 Å². The van der Waals surface area contributed by atoms with Crippen molar-refractivity contribution in [2.75, 3.05) is 0 Å². The number of nitrogens with zero attached hydrogens (tertiary/aromatic N) is 1. The predicted molar refractivity (Wildman–Crippen MR) is 80.7 cm³/mol. The van der Waals surface area contributed by atoms with E-state index in [4.69, 9.17) is 23.2 Å². The summed E-state index contributed by atoms with van der Waals surface area (Å²) in [4.78, 5) is 4.03. The lowest BCUT2D eigenvalue weighted by Gasteiger charge is -2.21. The maximum Gasteiger partial charge on any atom is 0.0468 e. The van der Waals surface area contributed by atoms with E-state index in [-0.39, 0.29) is 12.1 Å². The second-order valence-corrected chi connectivity index (χ2v) is 5.40. The predicted octanol–water partition coefficient (Wildman–Crippen LogP) is 4.80. The fourth-order valence-electron chi connectivity index (χ4n) is 2.07.